The Kier molecular flexibility index (Phi) is 5.93. The van der Waals surface area contributed by atoms with E-state index in [1.54, 1.807) is 47.4 Å². The van der Waals surface area contributed by atoms with Gasteiger partial charge in [0, 0.05) is 48.4 Å². The zero-order valence-corrected chi connectivity index (χ0v) is 17.6. The van der Waals surface area contributed by atoms with Gasteiger partial charge in [0.2, 0.25) is 5.78 Å². The second-order valence-electron chi connectivity index (χ2n) is 7.70. The van der Waals surface area contributed by atoms with Gasteiger partial charge in [0.1, 0.15) is 12.1 Å². The molecule has 4 rings (SSSR count). The molecule has 1 saturated heterocycles. The first-order valence-electron chi connectivity index (χ1n) is 10.3. The molecule has 0 saturated carbocycles. The lowest BCUT2D eigenvalue weighted by Gasteiger charge is -2.39. The molecule has 8 heteroatoms. The monoisotopic (exact) mass is 429 g/mol. The number of anilines is 1. The summed E-state index contributed by atoms with van der Waals surface area (Å²) < 4.78 is 0. The summed E-state index contributed by atoms with van der Waals surface area (Å²) in [7, 11) is 0. The van der Waals surface area contributed by atoms with E-state index in [1.807, 2.05) is 25.1 Å². The number of hydrogen-bond acceptors (Lipinski definition) is 6. The summed E-state index contributed by atoms with van der Waals surface area (Å²) in [6.45, 7) is 2.91. The van der Waals surface area contributed by atoms with Gasteiger partial charge in [-0.3, -0.25) is 14.4 Å². The number of aromatic nitrogens is 2. The molecule has 2 N–H and O–H groups in total. The molecule has 1 aliphatic heterocycles. The van der Waals surface area contributed by atoms with Crippen molar-refractivity contribution in [1.29, 1.82) is 0 Å². The quantitative estimate of drug-likeness (QED) is 0.503. The molecule has 162 valence electrons. The van der Waals surface area contributed by atoms with Crippen LogP contribution in [0.15, 0.2) is 67.0 Å². The van der Waals surface area contributed by atoms with Crippen molar-refractivity contribution in [2.45, 2.75) is 13.0 Å². The van der Waals surface area contributed by atoms with E-state index >= 15 is 0 Å². The van der Waals surface area contributed by atoms with Gasteiger partial charge in [-0.05, 0) is 19.1 Å². The molecule has 1 unspecified atom stereocenters. The number of Topliss-reactive ketones (excluding diaryl/α,β-unsaturated/α-hetero) is 1. The normalized spacial score (nSPS) is 16.0. The molecular formula is C24H23N5O3. The van der Waals surface area contributed by atoms with Crippen molar-refractivity contribution in [2.75, 3.05) is 25.4 Å². The Bertz CT molecular complexity index is 1150. The smallest absolute Gasteiger partial charge is 0.295 e. The molecule has 0 aliphatic carbocycles. The topological polar surface area (TPSA) is 109 Å². The summed E-state index contributed by atoms with van der Waals surface area (Å²) in [5, 5.41) is 0. The maximum absolute atomic E-state index is 12.9. The summed E-state index contributed by atoms with van der Waals surface area (Å²) in [5.74, 6) is -0.863. The lowest BCUT2D eigenvalue weighted by Crippen LogP contribution is -2.56. The van der Waals surface area contributed by atoms with Crippen molar-refractivity contribution in [3.8, 4) is 11.3 Å². The molecule has 1 aromatic heterocycles. The number of ketones is 1. The summed E-state index contributed by atoms with van der Waals surface area (Å²) in [6, 6.07) is 17.1. The van der Waals surface area contributed by atoms with Gasteiger partial charge in [-0.15, -0.1) is 0 Å². The second kappa shape index (κ2) is 8.97. The number of amides is 2. The van der Waals surface area contributed by atoms with Crippen molar-refractivity contribution in [2.24, 2.45) is 0 Å². The summed E-state index contributed by atoms with van der Waals surface area (Å²) in [5.41, 5.74) is 8.01. The molecule has 8 nitrogen and oxygen atoms in total. The van der Waals surface area contributed by atoms with Crippen LogP contribution in [-0.2, 0) is 4.79 Å². The van der Waals surface area contributed by atoms with Crippen LogP contribution in [0.3, 0.4) is 0 Å². The number of carbonyl (C=O) groups excluding carboxylic acids is 3. The second-order valence-corrected chi connectivity index (χ2v) is 7.70. The van der Waals surface area contributed by atoms with Crippen molar-refractivity contribution in [3.05, 3.63) is 78.1 Å². The summed E-state index contributed by atoms with van der Waals surface area (Å²) in [4.78, 5) is 49.7. The Morgan fingerprint density at radius 1 is 0.938 bits per heavy atom. The van der Waals surface area contributed by atoms with Crippen LogP contribution in [0.25, 0.3) is 11.3 Å². The van der Waals surface area contributed by atoms with Gasteiger partial charge in [0.15, 0.2) is 0 Å². The molecule has 3 aromatic rings. The zero-order valence-electron chi connectivity index (χ0n) is 17.6. The predicted octanol–water partition coefficient (Wildman–Crippen LogP) is 2.28. The van der Waals surface area contributed by atoms with Gasteiger partial charge >= 0.3 is 0 Å². The number of carbonyl (C=O) groups is 3. The fraction of sp³-hybridized carbons (Fsp3) is 0.208. The highest BCUT2D eigenvalue weighted by molar-refractivity contribution is 6.42. The van der Waals surface area contributed by atoms with Crippen molar-refractivity contribution in [1.82, 2.24) is 19.8 Å². The van der Waals surface area contributed by atoms with E-state index in [0.717, 1.165) is 5.56 Å². The average Bonchev–Trinajstić information content (AvgIpc) is 2.83. The number of nitrogen functional groups attached to an aromatic ring is 1. The first-order valence-corrected chi connectivity index (χ1v) is 10.3. The van der Waals surface area contributed by atoms with Crippen LogP contribution in [-0.4, -0.2) is 63.0 Å². The van der Waals surface area contributed by atoms with Crippen LogP contribution in [0.5, 0.6) is 0 Å². The molecule has 2 amide bonds. The Labute approximate surface area is 185 Å². The highest BCUT2D eigenvalue weighted by Crippen LogP contribution is 2.20. The fourth-order valence-electron chi connectivity index (χ4n) is 3.78. The Morgan fingerprint density at radius 3 is 2.31 bits per heavy atom. The Hall–Kier alpha value is -4.07. The lowest BCUT2D eigenvalue weighted by molar-refractivity contribution is -0.130. The minimum Gasteiger partial charge on any atom is -0.384 e. The van der Waals surface area contributed by atoms with E-state index in [1.165, 1.54) is 11.2 Å². The lowest BCUT2D eigenvalue weighted by atomic mass is 10.0. The summed E-state index contributed by atoms with van der Waals surface area (Å²) >= 11 is 0. The third-order valence-electron chi connectivity index (χ3n) is 5.52. The van der Waals surface area contributed by atoms with Crippen molar-refractivity contribution < 1.29 is 14.4 Å². The number of nitrogens with zero attached hydrogens (tertiary/aromatic N) is 4. The standard InChI is InChI=1S/C24H23N5O3/c1-16-14-28(23(31)19-5-3-2-4-6-19)11-12-29(16)24(32)22(30)18-9-7-17(8-10-18)20-13-21(25)27-15-26-20/h2-10,13,15-16H,11-12,14H2,1H3,(H2,25,26,27). The van der Waals surface area contributed by atoms with E-state index in [-0.39, 0.29) is 11.9 Å². The molecule has 0 bridgehead atoms. The first kappa shape index (κ1) is 21.2. The van der Waals surface area contributed by atoms with Crippen molar-refractivity contribution >= 4 is 23.4 Å². The number of piperazine rings is 1. The first-order chi connectivity index (χ1) is 15.4. The molecule has 1 fully saturated rings. The molecule has 0 spiro atoms. The maximum Gasteiger partial charge on any atom is 0.295 e. The van der Waals surface area contributed by atoms with Crippen LogP contribution in [0.1, 0.15) is 27.6 Å². The highest BCUT2D eigenvalue weighted by atomic mass is 16.2. The van der Waals surface area contributed by atoms with Crippen LogP contribution < -0.4 is 5.73 Å². The molecule has 1 aliphatic rings. The van der Waals surface area contributed by atoms with Gasteiger partial charge in [-0.25, -0.2) is 9.97 Å². The fourth-order valence-corrected chi connectivity index (χ4v) is 3.78. The molecule has 2 aromatic carbocycles. The van der Waals surface area contributed by atoms with Gasteiger partial charge in [-0.2, -0.15) is 0 Å². The third kappa shape index (κ3) is 4.34. The molecule has 32 heavy (non-hydrogen) atoms. The Morgan fingerprint density at radius 2 is 1.66 bits per heavy atom. The average molecular weight is 429 g/mol. The Balaban J connectivity index is 1.42. The number of nitrogens with two attached hydrogens (primary N) is 1. The SMILES string of the molecule is CC1CN(C(=O)c2ccccc2)CCN1C(=O)C(=O)c1ccc(-c2cc(N)ncn2)cc1. The van der Waals surface area contributed by atoms with E-state index in [4.69, 9.17) is 5.73 Å². The minimum absolute atomic E-state index is 0.0724. The molecule has 2 heterocycles. The maximum atomic E-state index is 12.9. The predicted molar refractivity (Wildman–Crippen MR) is 120 cm³/mol. The molecular weight excluding hydrogens is 406 g/mol. The van der Waals surface area contributed by atoms with Crippen LogP contribution >= 0.6 is 0 Å². The molecule has 0 radical (unpaired) electrons. The number of hydrogen-bond donors (Lipinski definition) is 1. The van der Waals surface area contributed by atoms with Crippen molar-refractivity contribution in [3.63, 3.8) is 0 Å². The van der Waals surface area contributed by atoms with Gasteiger partial charge < -0.3 is 15.5 Å². The highest BCUT2D eigenvalue weighted by Gasteiger charge is 2.33. The van der Waals surface area contributed by atoms with Crippen LogP contribution in [0, 0.1) is 0 Å². The number of rotatable bonds is 4. The van der Waals surface area contributed by atoms with E-state index in [0.29, 0.717) is 42.3 Å². The molecule has 1 atom stereocenters. The van der Waals surface area contributed by atoms with Crippen LogP contribution in [0.4, 0.5) is 5.82 Å². The number of benzene rings is 2. The van der Waals surface area contributed by atoms with E-state index < -0.39 is 11.7 Å². The zero-order chi connectivity index (χ0) is 22.7. The largest absolute Gasteiger partial charge is 0.384 e. The van der Waals surface area contributed by atoms with Gasteiger partial charge in [0.05, 0.1) is 5.69 Å². The van der Waals surface area contributed by atoms with Gasteiger partial charge in [-0.1, -0.05) is 42.5 Å². The summed E-state index contributed by atoms with van der Waals surface area (Å²) in [6.07, 6.45) is 1.37. The van der Waals surface area contributed by atoms with Crippen LogP contribution in [0.2, 0.25) is 0 Å². The van der Waals surface area contributed by atoms with Gasteiger partial charge in [0.25, 0.3) is 11.8 Å². The van der Waals surface area contributed by atoms with E-state index in [9.17, 15) is 14.4 Å². The van der Waals surface area contributed by atoms with E-state index in [2.05, 4.69) is 9.97 Å². The third-order valence-corrected chi connectivity index (χ3v) is 5.52. The minimum atomic E-state index is -0.576.